The summed E-state index contributed by atoms with van der Waals surface area (Å²) in [5.74, 6) is 0. The molecule has 0 nitrogen and oxygen atoms in total. The zero-order valence-corrected chi connectivity index (χ0v) is 25.5. The fraction of sp³-hybridized carbons (Fsp3) is 0.571. The van der Waals surface area contributed by atoms with Crippen LogP contribution in [0.2, 0.25) is 0 Å². The maximum atomic E-state index is 6.52. The first-order chi connectivity index (χ1) is 16.3. The fourth-order valence-electron chi connectivity index (χ4n) is 6.42. The van der Waals surface area contributed by atoms with Crippen molar-refractivity contribution in [2.45, 2.75) is 87.4 Å². The Kier molecular flexibility index (Phi) is 9.59. The molecule has 34 heavy (non-hydrogen) atoms. The second kappa shape index (κ2) is 11.9. The number of benzene rings is 2. The standard InChI is InChI=1S/C28H40P2S4/c31-29(32,27(17-9-3-10-18-27)23-25-13-5-1-6-14-25)21-22-30(33,34)28(19-11-4-12-20-28)24-26-15-7-2-8-16-26/h1-2,5-8,13-16H,3-4,9-12,17-24H2,(H,31,32)(H,33,34). The highest BCUT2D eigenvalue weighted by atomic mass is 32.9. The highest BCUT2D eigenvalue weighted by molar-refractivity contribution is 8.65. The topological polar surface area (TPSA) is 0 Å². The van der Waals surface area contributed by atoms with Gasteiger partial charge in [0.15, 0.2) is 0 Å². The third-order valence-electron chi connectivity index (χ3n) is 8.51. The maximum absolute atomic E-state index is 6.52. The van der Waals surface area contributed by atoms with Crippen molar-refractivity contribution in [3.8, 4) is 0 Å². The minimum atomic E-state index is -1.88. The third-order valence-corrected chi connectivity index (χ3v) is 21.9. The summed E-state index contributed by atoms with van der Waals surface area (Å²) in [4.78, 5) is 0. The Morgan fingerprint density at radius 3 is 1.21 bits per heavy atom. The van der Waals surface area contributed by atoms with Gasteiger partial charge in [-0.2, -0.15) is 0 Å². The largest absolute Gasteiger partial charge is 0.140 e. The van der Waals surface area contributed by atoms with Crippen molar-refractivity contribution in [1.29, 1.82) is 0 Å². The molecule has 6 heteroatoms. The fourth-order valence-corrected chi connectivity index (χ4v) is 18.6. The molecule has 2 unspecified atom stereocenters. The van der Waals surface area contributed by atoms with Crippen molar-refractivity contribution in [3.63, 3.8) is 0 Å². The van der Waals surface area contributed by atoms with E-state index in [9.17, 15) is 0 Å². The van der Waals surface area contributed by atoms with Crippen molar-refractivity contribution < 1.29 is 0 Å². The molecule has 2 saturated carbocycles. The SMILES string of the molecule is S=P(S)(CCP(=S)(S)C1(Cc2ccccc2)CCCCC1)C1(Cc2ccccc2)CCCCC1. The maximum Gasteiger partial charge on any atom is 0.0119 e. The van der Waals surface area contributed by atoms with Crippen molar-refractivity contribution in [2.24, 2.45) is 0 Å². The van der Waals surface area contributed by atoms with Gasteiger partial charge >= 0.3 is 0 Å². The van der Waals surface area contributed by atoms with E-state index >= 15 is 0 Å². The van der Waals surface area contributed by atoms with E-state index in [1.54, 1.807) is 0 Å². The average Bonchev–Trinajstić information content (AvgIpc) is 2.85. The zero-order chi connectivity index (χ0) is 24.1. The molecule has 2 aromatic carbocycles. The van der Waals surface area contributed by atoms with Crippen LogP contribution in [0.25, 0.3) is 0 Å². The lowest BCUT2D eigenvalue weighted by Gasteiger charge is -2.48. The van der Waals surface area contributed by atoms with Gasteiger partial charge in [0, 0.05) is 20.8 Å². The first-order valence-electron chi connectivity index (χ1n) is 13.0. The lowest BCUT2D eigenvalue weighted by Crippen LogP contribution is -2.36. The second-order valence-electron chi connectivity index (χ2n) is 10.7. The van der Waals surface area contributed by atoms with Gasteiger partial charge < -0.3 is 0 Å². The molecule has 0 radical (unpaired) electrons. The van der Waals surface area contributed by atoms with Gasteiger partial charge in [-0.15, -0.1) is 24.5 Å². The monoisotopic (exact) mass is 566 g/mol. The molecule has 2 aromatic rings. The third kappa shape index (κ3) is 6.28. The second-order valence-corrected chi connectivity index (χ2v) is 25.8. The zero-order valence-electron chi connectivity index (χ0n) is 20.3. The van der Waals surface area contributed by atoms with Crippen LogP contribution < -0.4 is 0 Å². The molecular weight excluding hydrogens is 527 g/mol. The number of hydrogen-bond donors (Lipinski definition) is 2. The Morgan fingerprint density at radius 2 is 0.882 bits per heavy atom. The smallest absolute Gasteiger partial charge is 0.0119 e. The van der Waals surface area contributed by atoms with Crippen LogP contribution in [0.3, 0.4) is 0 Å². The van der Waals surface area contributed by atoms with Gasteiger partial charge in [-0.1, -0.05) is 123 Å². The lowest BCUT2D eigenvalue weighted by atomic mass is 9.84. The molecule has 0 N–H and O–H groups in total. The number of rotatable bonds is 9. The Labute approximate surface area is 228 Å². The Bertz CT molecular complexity index is 926. The number of thiol groups is 2. The van der Waals surface area contributed by atoms with Crippen molar-refractivity contribution >= 4 is 58.6 Å². The van der Waals surface area contributed by atoms with E-state index < -0.39 is 10.5 Å². The molecule has 0 spiro atoms. The Balaban J connectivity index is 1.56. The van der Waals surface area contributed by atoms with Crippen LogP contribution >= 0.6 is 35.0 Å². The van der Waals surface area contributed by atoms with Gasteiger partial charge in [-0.05, 0) is 62.0 Å². The molecule has 2 aliphatic carbocycles. The van der Waals surface area contributed by atoms with E-state index in [1.807, 2.05) is 0 Å². The van der Waals surface area contributed by atoms with Crippen LogP contribution in [-0.4, -0.2) is 22.6 Å². The quantitative estimate of drug-likeness (QED) is 0.229. The molecule has 0 aromatic heterocycles. The highest BCUT2D eigenvalue weighted by Gasteiger charge is 2.46. The predicted octanol–water partition coefficient (Wildman–Crippen LogP) is 9.53. The van der Waals surface area contributed by atoms with Crippen LogP contribution in [0, 0.1) is 0 Å². The van der Waals surface area contributed by atoms with Gasteiger partial charge in [0.2, 0.25) is 0 Å². The molecule has 2 aliphatic rings. The first kappa shape index (κ1) is 27.5. The summed E-state index contributed by atoms with van der Waals surface area (Å²) in [6.07, 6.45) is 16.9. The molecule has 4 rings (SSSR count). The molecule has 0 bridgehead atoms. The summed E-state index contributed by atoms with van der Waals surface area (Å²) >= 11 is 23.9. The normalized spacial score (nSPS) is 23.5. The van der Waals surface area contributed by atoms with Gasteiger partial charge in [0.05, 0.1) is 0 Å². The average molecular weight is 567 g/mol. The summed E-state index contributed by atoms with van der Waals surface area (Å²) in [6, 6.07) is 22.0. The molecule has 2 atom stereocenters. The van der Waals surface area contributed by atoms with Crippen LogP contribution in [-0.2, 0) is 36.5 Å². The van der Waals surface area contributed by atoms with Gasteiger partial charge in [-0.3, -0.25) is 0 Å². The van der Waals surface area contributed by atoms with E-state index in [2.05, 4.69) is 60.7 Å². The summed E-state index contributed by atoms with van der Waals surface area (Å²) in [7, 11) is 0. The molecular formula is C28H40P2S4. The minimum Gasteiger partial charge on any atom is -0.140 e. The highest BCUT2D eigenvalue weighted by Crippen LogP contribution is 2.73. The molecule has 0 amide bonds. The number of hydrogen-bond acceptors (Lipinski definition) is 2. The van der Waals surface area contributed by atoms with Crippen LogP contribution in [0.15, 0.2) is 60.7 Å². The summed E-state index contributed by atoms with van der Waals surface area (Å²) in [5, 5.41) is -3.42. The van der Waals surface area contributed by atoms with Gasteiger partial charge in [-0.25, -0.2) is 0 Å². The van der Waals surface area contributed by atoms with E-state index in [-0.39, 0.29) is 10.3 Å². The van der Waals surface area contributed by atoms with Crippen molar-refractivity contribution in [3.05, 3.63) is 71.8 Å². The summed E-state index contributed by atoms with van der Waals surface area (Å²) in [6.45, 7) is 0. The predicted molar refractivity (Wildman–Crippen MR) is 168 cm³/mol. The molecule has 0 saturated heterocycles. The Morgan fingerprint density at radius 1 is 0.559 bits per heavy atom. The molecule has 186 valence electrons. The van der Waals surface area contributed by atoms with E-state index in [4.69, 9.17) is 48.1 Å². The van der Waals surface area contributed by atoms with Crippen LogP contribution in [0.5, 0.6) is 0 Å². The molecule has 0 aliphatic heterocycles. The van der Waals surface area contributed by atoms with Crippen LogP contribution in [0.1, 0.15) is 75.3 Å². The van der Waals surface area contributed by atoms with Crippen molar-refractivity contribution in [2.75, 3.05) is 12.3 Å². The minimum absolute atomic E-state index is 0.174. The Hall–Kier alpha value is 0.440. The molecule has 2 fully saturated rings. The van der Waals surface area contributed by atoms with E-state index in [1.165, 1.54) is 75.3 Å². The van der Waals surface area contributed by atoms with Crippen LogP contribution in [0.4, 0.5) is 0 Å². The summed E-state index contributed by atoms with van der Waals surface area (Å²) in [5.41, 5.74) is 2.84. The molecule has 0 heterocycles. The van der Waals surface area contributed by atoms with E-state index in [0.717, 1.165) is 25.2 Å². The van der Waals surface area contributed by atoms with E-state index in [0.29, 0.717) is 0 Å². The summed E-state index contributed by atoms with van der Waals surface area (Å²) < 4.78 is 0. The first-order valence-corrected chi connectivity index (χ1v) is 21.3. The van der Waals surface area contributed by atoms with Gasteiger partial charge in [0.25, 0.3) is 0 Å². The van der Waals surface area contributed by atoms with Gasteiger partial charge in [0.1, 0.15) is 0 Å². The lowest BCUT2D eigenvalue weighted by molar-refractivity contribution is 0.388. The van der Waals surface area contributed by atoms with Crippen molar-refractivity contribution in [1.82, 2.24) is 0 Å².